The van der Waals surface area contributed by atoms with E-state index in [-0.39, 0.29) is 18.4 Å². The number of para-hydroxylation sites is 1. The predicted octanol–water partition coefficient (Wildman–Crippen LogP) is 2.08. The van der Waals surface area contributed by atoms with E-state index in [1.165, 1.54) is 0 Å². The molecule has 3 rings (SSSR count). The number of nitrogens with one attached hydrogen (secondary N) is 2. The Kier molecular flexibility index (Phi) is 5.08. The van der Waals surface area contributed by atoms with Gasteiger partial charge in [-0.15, -0.1) is 0 Å². The third-order valence-electron chi connectivity index (χ3n) is 4.36. The fraction of sp³-hybridized carbons (Fsp3) is 0.412. The number of hydrogen-bond donors (Lipinski definition) is 2. The van der Waals surface area contributed by atoms with E-state index in [2.05, 4.69) is 14.9 Å². The Morgan fingerprint density at radius 1 is 1.32 bits per heavy atom. The summed E-state index contributed by atoms with van der Waals surface area (Å²) in [4.78, 5) is 14.8. The van der Waals surface area contributed by atoms with Crippen molar-refractivity contribution in [2.75, 3.05) is 17.5 Å². The van der Waals surface area contributed by atoms with Crippen LogP contribution in [0.25, 0.3) is 0 Å². The van der Waals surface area contributed by atoms with Gasteiger partial charge in [0.2, 0.25) is 15.9 Å². The lowest BCUT2D eigenvalue weighted by Gasteiger charge is -2.35. The fourth-order valence-corrected chi connectivity index (χ4v) is 3.84. The average Bonchev–Trinajstić information content (AvgIpc) is 3.10. The molecule has 1 fully saturated rings. The zero-order valence-corrected chi connectivity index (χ0v) is 14.9. The minimum Gasteiger partial charge on any atom is -0.334 e. The van der Waals surface area contributed by atoms with E-state index in [1.807, 2.05) is 11.0 Å². The Morgan fingerprint density at radius 3 is 2.84 bits per heavy atom. The van der Waals surface area contributed by atoms with E-state index in [0.29, 0.717) is 17.8 Å². The molecule has 0 aliphatic carbocycles. The number of likely N-dealkylation sites (tertiary alicyclic amines) is 1. The smallest absolute Gasteiger partial charge is 0.229 e. The first-order valence-electron chi connectivity index (χ1n) is 8.28. The molecular formula is C17H22N4O3S. The molecule has 0 spiro atoms. The summed E-state index contributed by atoms with van der Waals surface area (Å²) < 4.78 is 25.5. The maximum atomic E-state index is 12.9. The summed E-state index contributed by atoms with van der Waals surface area (Å²) in [7, 11) is -3.39. The monoisotopic (exact) mass is 362 g/mol. The molecule has 8 heteroatoms. The fourth-order valence-electron chi connectivity index (χ4n) is 3.24. The lowest BCUT2D eigenvalue weighted by Crippen LogP contribution is -2.39. The molecular weight excluding hydrogens is 340 g/mol. The van der Waals surface area contributed by atoms with Crippen LogP contribution in [-0.4, -0.2) is 42.2 Å². The van der Waals surface area contributed by atoms with Gasteiger partial charge in [-0.25, -0.2) is 8.42 Å². The molecule has 1 atom stereocenters. The van der Waals surface area contributed by atoms with Gasteiger partial charge >= 0.3 is 0 Å². The molecule has 0 radical (unpaired) electrons. The van der Waals surface area contributed by atoms with Gasteiger partial charge < -0.3 is 4.90 Å². The van der Waals surface area contributed by atoms with E-state index in [4.69, 9.17) is 0 Å². The number of anilines is 1. The van der Waals surface area contributed by atoms with Crippen molar-refractivity contribution in [3.63, 3.8) is 0 Å². The molecule has 1 aliphatic rings. The van der Waals surface area contributed by atoms with Gasteiger partial charge in [0.05, 0.1) is 30.1 Å². The van der Waals surface area contributed by atoms with Gasteiger partial charge in [-0.2, -0.15) is 5.10 Å². The number of nitrogens with zero attached hydrogens (tertiary/aromatic N) is 2. The van der Waals surface area contributed by atoms with Crippen LogP contribution in [0.15, 0.2) is 36.5 Å². The molecule has 1 unspecified atom stereocenters. The molecule has 1 aliphatic heterocycles. The number of carbonyl (C=O) groups is 1. The first-order chi connectivity index (χ1) is 11.9. The summed E-state index contributed by atoms with van der Waals surface area (Å²) in [5.74, 6) is -0.0120. The molecule has 2 aromatic rings. The van der Waals surface area contributed by atoms with Gasteiger partial charge in [0.1, 0.15) is 0 Å². The van der Waals surface area contributed by atoms with Crippen LogP contribution >= 0.6 is 0 Å². The second-order valence-corrected chi connectivity index (χ2v) is 8.07. The van der Waals surface area contributed by atoms with Crippen LogP contribution in [-0.2, 0) is 21.2 Å². The third-order valence-corrected chi connectivity index (χ3v) is 4.95. The van der Waals surface area contributed by atoms with Crippen LogP contribution in [0.4, 0.5) is 5.69 Å². The highest BCUT2D eigenvalue weighted by atomic mass is 32.2. The number of aromatic nitrogens is 2. The molecule has 0 saturated carbocycles. The number of piperidine rings is 1. The molecule has 1 aromatic carbocycles. The average molecular weight is 362 g/mol. The first-order valence-corrected chi connectivity index (χ1v) is 10.2. The summed E-state index contributed by atoms with van der Waals surface area (Å²) >= 11 is 0. The lowest BCUT2D eigenvalue weighted by molar-refractivity contribution is -0.134. The highest BCUT2D eigenvalue weighted by Crippen LogP contribution is 2.30. The number of aromatic amines is 1. The van der Waals surface area contributed by atoms with E-state index in [1.54, 1.807) is 30.5 Å². The van der Waals surface area contributed by atoms with Crippen LogP contribution in [0.5, 0.6) is 0 Å². The van der Waals surface area contributed by atoms with Crippen LogP contribution in [0.3, 0.4) is 0 Å². The van der Waals surface area contributed by atoms with Crippen molar-refractivity contribution in [2.24, 2.45) is 0 Å². The quantitative estimate of drug-likeness (QED) is 0.851. The van der Waals surface area contributed by atoms with Crippen LogP contribution in [0, 0.1) is 0 Å². The van der Waals surface area contributed by atoms with Gasteiger partial charge in [-0.1, -0.05) is 18.2 Å². The van der Waals surface area contributed by atoms with E-state index in [9.17, 15) is 13.2 Å². The van der Waals surface area contributed by atoms with Crippen LogP contribution < -0.4 is 4.72 Å². The molecule has 7 nitrogen and oxygen atoms in total. The summed E-state index contributed by atoms with van der Waals surface area (Å²) in [6.07, 6.45) is 5.89. The van der Waals surface area contributed by atoms with Gasteiger partial charge in [0.25, 0.3) is 0 Å². The molecule has 1 saturated heterocycles. The number of amides is 1. The predicted molar refractivity (Wildman–Crippen MR) is 95.5 cm³/mol. The number of sulfonamides is 1. The highest BCUT2D eigenvalue weighted by molar-refractivity contribution is 7.92. The van der Waals surface area contributed by atoms with Crippen LogP contribution in [0.2, 0.25) is 0 Å². The summed E-state index contributed by atoms with van der Waals surface area (Å²) in [5, 5.41) is 6.95. The zero-order chi connectivity index (χ0) is 17.9. The van der Waals surface area contributed by atoms with Crippen molar-refractivity contribution in [3.8, 4) is 0 Å². The molecule has 2 N–H and O–H groups in total. The molecule has 0 bridgehead atoms. The lowest BCUT2D eigenvalue weighted by atomic mass is 9.98. The standard InChI is InChI=1S/C17H22N4O3S/c1-25(23,24)20-14-7-3-2-6-13(14)12-17(22)21-11-5-4-8-16(21)15-9-10-18-19-15/h2-3,6-7,9-10,16,20H,4-5,8,11-12H2,1H3,(H,18,19). The number of hydrogen-bond acceptors (Lipinski definition) is 4. The maximum Gasteiger partial charge on any atom is 0.229 e. The Balaban J connectivity index is 1.79. The first kappa shape index (κ1) is 17.5. The number of carbonyl (C=O) groups excluding carboxylic acids is 1. The normalized spacial score (nSPS) is 18.1. The van der Waals surface area contributed by atoms with Crippen LogP contribution in [0.1, 0.15) is 36.6 Å². The van der Waals surface area contributed by atoms with Crippen molar-refractivity contribution < 1.29 is 13.2 Å². The van der Waals surface area contributed by atoms with E-state index in [0.717, 1.165) is 31.2 Å². The molecule has 2 heterocycles. The minimum absolute atomic E-state index is 0.00113. The summed E-state index contributed by atoms with van der Waals surface area (Å²) in [5.41, 5.74) is 2.07. The summed E-state index contributed by atoms with van der Waals surface area (Å²) in [6.45, 7) is 0.699. The van der Waals surface area contributed by atoms with Crippen molar-refractivity contribution in [2.45, 2.75) is 31.7 Å². The van der Waals surface area contributed by atoms with Gasteiger partial charge in [-0.05, 0) is 37.0 Å². The molecule has 1 aromatic heterocycles. The number of rotatable bonds is 5. The van der Waals surface area contributed by atoms with Crippen molar-refractivity contribution >= 4 is 21.6 Å². The maximum absolute atomic E-state index is 12.9. The van der Waals surface area contributed by atoms with Gasteiger partial charge in [-0.3, -0.25) is 14.6 Å². The van der Waals surface area contributed by atoms with Crippen molar-refractivity contribution in [1.82, 2.24) is 15.1 Å². The van der Waals surface area contributed by atoms with Gasteiger partial charge in [0, 0.05) is 12.7 Å². The molecule has 134 valence electrons. The Bertz CT molecular complexity index is 833. The number of benzene rings is 1. The van der Waals surface area contributed by atoms with E-state index < -0.39 is 10.0 Å². The molecule has 1 amide bonds. The van der Waals surface area contributed by atoms with Crippen molar-refractivity contribution in [1.29, 1.82) is 0 Å². The zero-order valence-electron chi connectivity index (χ0n) is 14.1. The Morgan fingerprint density at radius 2 is 2.12 bits per heavy atom. The minimum atomic E-state index is -3.39. The second kappa shape index (κ2) is 7.26. The van der Waals surface area contributed by atoms with E-state index >= 15 is 0 Å². The Hall–Kier alpha value is -2.35. The summed E-state index contributed by atoms with van der Waals surface area (Å²) in [6, 6.07) is 8.90. The number of H-pyrrole nitrogens is 1. The largest absolute Gasteiger partial charge is 0.334 e. The molecule has 25 heavy (non-hydrogen) atoms. The highest BCUT2D eigenvalue weighted by Gasteiger charge is 2.29. The topological polar surface area (TPSA) is 95.2 Å². The van der Waals surface area contributed by atoms with Gasteiger partial charge in [0.15, 0.2) is 0 Å². The Labute approximate surface area is 147 Å². The van der Waals surface area contributed by atoms with Crippen molar-refractivity contribution in [3.05, 3.63) is 47.8 Å². The second-order valence-electron chi connectivity index (χ2n) is 6.32. The third kappa shape index (κ3) is 4.39. The SMILES string of the molecule is CS(=O)(=O)Nc1ccccc1CC(=O)N1CCCCC1c1ccn[nH]1.